The minimum Gasteiger partial charge on any atom is -0.135 e. The molecule has 11 aromatic carbocycles. The van der Waals surface area contributed by atoms with Crippen LogP contribution in [0.1, 0.15) is 97.9 Å². The second-order valence-corrected chi connectivity index (χ2v) is 22.2. The Balaban J connectivity index is 0.971. The minimum absolute atomic E-state index is 0.209. The number of fused-ring (bicyclic) bond motifs is 8. The Morgan fingerprint density at radius 1 is 0.440 bits per heavy atom. The van der Waals surface area contributed by atoms with Gasteiger partial charge in [0.05, 0.1) is 5.41 Å². The van der Waals surface area contributed by atoms with Crippen LogP contribution in [0.5, 0.6) is 0 Å². The van der Waals surface area contributed by atoms with E-state index in [9.17, 15) is 0 Å². The summed E-state index contributed by atoms with van der Waals surface area (Å²) in [5, 5.41) is 5.43. The smallest absolute Gasteiger partial charge is 0.0713 e. The topological polar surface area (TPSA) is 0 Å². The zero-order chi connectivity index (χ0) is 50.5. The van der Waals surface area contributed by atoms with E-state index < -0.39 is 5.41 Å². The van der Waals surface area contributed by atoms with Crippen molar-refractivity contribution >= 4 is 42.3 Å². The number of thiophene rings is 1. The fraction of sp³-hybridized carbons (Fsp3) is 0.135. The summed E-state index contributed by atoms with van der Waals surface area (Å²) in [7, 11) is 0. The minimum atomic E-state index is -0.565. The summed E-state index contributed by atoms with van der Waals surface area (Å²) in [6, 6.07) is 96.7. The lowest BCUT2D eigenvalue weighted by Gasteiger charge is -2.35. The zero-order valence-electron chi connectivity index (χ0n) is 43.0. The summed E-state index contributed by atoms with van der Waals surface area (Å²) in [6.45, 7) is 7.01. The van der Waals surface area contributed by atoms with Crippen molar-refractivity contribution in [3.05, 3.63) is 322 Å². The van der Waals surface area contributed by atoms with Crippen molar-refractivity contribution in [2.75, 3.05) is 0 Å². The van der Waals surface area contributed by atoms with E-state index >= 15 is 0 Å². The summed E-state index contributed by atoms with van der Waals surface area (Å²) < 4.78 is 2.71. The summed E-state index contributed by atoms with van der Waals surface area (Å²) >= 11 is 1.91. The van der Waals surface area contributed by atoms with Crippen molar-refractivity contribution in [3.63, 3.8) is 0 Å². The molecule has 0 nitrogen and oxygen atoms in total. The molecule has 3 atom stereocenters. The third-order valence-corrected chi connectivity index (χ3v) is 18.0. The highest BCUT2D eigenvalue weighted by molar-refractivity contribution is 7.25. The number of benzene rings is 11. The van der Waals surface area contributed by atoms with E-state index in [0.717, 1.165) is 19.3 Å². The highest BCUT2D eigenvalue weighted by atomic mass is 32.1. The highest BCUT2D eigenvalue weighted by Gasteiger charge is 2.47. The fourth-order valence-corrected chi connectivity index (χ4v) is 14.3. The van der Waals surface area contributed by atoms with Crippen LogP contribution in [0.25, 0.3) is 53.2 Å². The van der Waals surface area contributed by atoms with Gasteiger partial charge >= 0.3 is 0 Å². The normalized spacial score (nSPS) is 13.9. The third-order valence-electron chi connectivity index (χ3n) is 16.9. The van der Waals surface area contributed by atoms with Gasteiger partial charge in [-0.3, -0.25) is 0 Å². The SMILES string of the molecule is Cc1cccc(C(Cc2ccc(-c3ccccc3)cc2C)C(C)c2ccc3c(c2)C(c2ccccc2)(c2ccccc2)c2cc(CCC(c4ccccc4)c4cccc5sc6ccccc6c45)c4ccccc4c2-3)c1. The predicted molar refractivity (Wildman–Crippen MR) is 320 cm³/mol. The molecule has 1 aromatic heterocycles. The van der Waals surface area contributed by atoms with Gasteiger partial charge in [0, 0.05) is 26.1 Å². The summed E-state index contributed by atoms with van der Waals surface area (Å²) in [4.78, 5) is 0. The molecule has 0 amide bonds. The molecule has 1 heteroatoms. The molecule has 13 rings (SSSR count). The first kappa shape index (κ1) is 46.7. The van der Waals surface area contributed by atoms with Gasteiger partial charge < -0.3 is 0 Å². The van der Waals surface area contributed by atoms with E-state index in [-0.39, 0.29) is 17.8 Å². The van der Waals surface area contributed by atoms with E-state index in [0.29, 0.717) is 0 Å². The molecular weight excluding hydrogens is 921 g/mol. The van der Waals surface area contributed by atoms with E-state index in [1.54, 1.807) is 0 Å². The van der Waals surface area contributed by atoms with E-state index in [1.807, 2.05) is 11.3 Å². The van der Waals surface area contributed by atoms with E-state index in [1.165, 1.54) is 120 Å². The van der Waals surface area contributed by atoms with Gasteiger partial charge in [-0.05, 0) is 151 Å². The van der Waals surface area contributed by atoms with Crippen molar-refractivity contribution < 1.29 is 0 Å². The number of hydrogen-bond donors (Lipinski definition) is 0. The number of rotatable bonds is 13. The van der Waals surface area contributed by atoms with Gasteiger partial charge in [0.2, 0.25) is 0 Å². The molecule has 0 bridgehead atoms. The Morgan fingerprint density at radius 2 is 1.07 bits per heavy atom. The molecule has 0 aliphatic heterocycles. The van der Waals surface area contributed by atoms with Crippen molar-refractivity contribution in [1.29, 1.82) is 0 Å². The zero-order valence-corrected chi connectivity index (χ0v) is 43.8. The van der Waals surface area contributed by atoms with Crippen LogP contribution in [-0.4, -0.2) is 0 Å². The Hall–Kier alpha value is -8.10. The Morgan fingerprint density at radius 3 is 1.79 bits per heavy atom. The van der Waals surface area contributed by atoms with Gasteiger partial charge in [0.1, 0.15) is 0 Å². The molecule has 12 aromatic rings. The van der Waals surface area contributed by atoms with Gasteiger partial charge in [0.25, 0.3) is 0 Å². The van der Waals surface area contributed by atoms with Gasteiger partial charge in [-0.1, -0.05) is 255 Å². The second-order valence-electron chi connectivity index (χ2n) is 21.1. The van der Waals surface area contributed by atoms with Crippen LogP contribution in [0, 0.1) is 13.8 Å². The van der Waals surface area contributed by atoms with Crippen LogP contribution in [0.2, 0.25) is 0 Å². The van der Waals surface area contributed by atoms with Crippen molar-refractivity contribution in [1.82, 2.24) is 0 Å². The van der Waals surface area contributed by atoms with E-state index in [2.05, 4.69) is 276 Å². The molecule has 75 heavy (non-hydrogen) atoms. The molecule has 1 aliphatic carbocycles. The van der Waals surface area contributed by atoms with Crippen LogP contribution in [0.4, 0.5) is 0 Å². The van der Waals surface area contributed by atoms with Crippen molar-refractivity contribution in [2.45, 2.75) is 63.2 Å². The lowest BCUT2D eigenvalue weighted by atomic mass is 9.66. The molecule has 0 spiro atoms. The molecule has 0 radical (unpaired) electrons. The monoisotopic (exact) mass is 980 g/mol. The maximum absolute atomic E-state index is 2.64. The molecule has 0 saturated carbocycles. The molecule has 1 heterocycles. The average molecular weight is 981 g/mol. The van der Waals surface area contributed by atoms with Gasteiger partial charge in [-0.2, -0.15) is 0 Å². The molecular formula is C74H60S. The van der Waals surface area contributed by atoms with Crippen LogP contribution >= 0.6 is 11.3 Å². The Labute approximate surface area is 446 Å². The largest absolute Gasteiger partial charge is 0.135 e. The number of hydrogen-bond acceptors (Lipinski definition) is 1. The van der Waals surface area contributed by atoms with Crippen LogP contribution < -0.4 is 0 Å². The molecule has 0 saturated heterocycles. The maximum atomic E-state index is 2.64. The molecule has 1 aliphatic rings. The van der Waals surface area contributed by atoms with E-state index in [4.69, 9.17) is 0 Å². The number of aryl methyl sites for hydroxylation is 3. The molecule has 0 N–H and O–H groups in total. The first-order chi connectivity index (χ1) is 36.9. The van der Waals surface area contributed by atoms with Gasteiger partial charge in [-0.15, -0.1) is 11.3 Å². The highest BCUT2D eigenvalue weighted by Crippen LogP contribution is 2.59. The third kappa shape index (κ3) is 8.22. The summed E-state index contributed by atoms with van der Waals surface area (Å²) in [5.41, 5.74) is 21.0. The summed E-state index contributed by atoms with van der Waals surface area (Å²) in [5.74, 6) is 0.671. The summed E-state index contributed by atoms with van der Waals surface area (Å²) in [6.07, 6.45) is 2.84. The van der Waals surface area contributed by atoms with Crippen LogP contribution in [-0.2, 0) is 18.3 Å². The lowest BCUT2D eigenvalue weighted by molar-refractivity contribution is 0.570. The quantitative estimate of drug-likeness (QED) is 0.108. The predicted octanol–water partition coefficient (Wildman–Crippen LogP) is 19.7. The average Bonchev–Trinajstić information content (AvgIpc) is 4.03. The van der Waals surface area contributed by atoms with Crippen LogP contribution in [0.3, 0.4) is 0 Å². The molecule has 3 unspecified atom stereocenters. The maximum Gasteiger partial charge on any atom is 0.0713 e. The molecule has 362 valence electrons. The first-order valence-electron chi connectivity index (χ1n) is 26.9. The van der Waals surface area contributed by atoms with Crippen molar-refractivity contribution in [2.24, 2.45) is 0 Å². The second kappa shape index (κ2) is 19.6. The van der Waals surface area contributed by atoms with Crippen LogP contribution in [0.15, 0.2) is 255 Å². The van der Waals surface area contributed by atoms with Gasteiger partial charge in [-0.25, -0.2) is 0 Å². The fourth-order valence-electron chi connectivity index (χ4n) is 13.2. The van der Waals surface area contributed by atoms with Crippen molar-refractivity contribution in [3.8, 4) is 22.3 Å². The first-order valence-corrected chi connectivity index (χ1v) is 27.7. The Kier molecular flexibility index (Phi) is 12.2. The van der Waals surface area contributed by atoms with Gasteiger partial charge in [0.15, 0.2) is 0 Å². The Bertz CT molecular complexity index is 3980. The lowest BCUT2D eigenvalue weighted by Crippen LogP contribution is -2.29. The molecule has 0 fully saturated rings. The standard InChI is InChI=1S/C74H60S/c1-49-22-20-27-57(44-49)67(46-54-38-39-56(45-50(54)2)52-23-8-4-9-24-52)51(3)55-40-43-65-68(47-55)74(59-28-12-6-13-29-59,60-30-14-7-15-31-60)69-48-58(61-32-16-17-33-63(61)72(65)69)41-42-62(53-25-10-5-11-26-53)64-35-21-37-71-73(64)66-34-18-19-36-70(66)75-71/h4-40,43-45,47-48,51,62,67H,41-42,46H2,1-3H3.